The quantitative estimate of drug-likeness (QED) is 0.197. The molecule has 82 valence electrons. The third kappa shape index (κ3) is 3.12. The third-order valence-corrected chi connectivity index (χ3v) is 2.05. The van der Waals surface area contributed by atoms with Gasteiger partial charge in [-0.15, -0.1) is 0 Å². The molecule has 0 amide bonds. The van der Waals surface area contributed by atoms with E-state index in [1.54, 1.807) is 12.1 Å². The zero-order valence-corrected chi connectivity index (χ0v) is 9.07. The molecule has 0 aliphatic rings. The van der Waals surface area contributed by atoms with E-state index in [1.807, 2.05) is 6.92 Å². The molecule has 0 fully saturated rings. The molecular weight excluding hydrogens is 202 g/mol. The maximum absolute atomic E-state index is 8.07. The molecule has 0 spiro atoms. The summed E-state index contributed by atoms with van der Waals surface area (Å²) in [6, 6.07) is 3.55. The van der Waals surface area contributed by atoms with Gasteiger partial charge in [0.25, 0.3) is 0 Å². The van der Waals surface area contributed by atoms with Gasteiger partial charge in [-0.25, -0.2) is 0 Å². The van der Waals surface area contributed by atoms with E-state index in [-0.39, 0.29) is 0 Å². The largest absolute Gasteiger partial charge is 0.397 e. The van der Waals surface area contributed by atoms with Crippen molar-refractivity contribution in [1.29, 1.82) is 0 Å². The van der Waals surface area contributed by atoms with Crippen molar-refractivity contribution in [1.82, 2.24) is 0 Å². The van der Waals surface area contributed by atoms with Crippen molar-refractivity contribution < 1.29 is 0 Å². The van der Waals surface area contributed by atoms with Crippen molar-refractivity contribution in [2.75, 3.05) is 18.0 Å². The van der Waals surface area contributed by atoms with Gasteiger partial charge >= 0.3 is 0 Å². The van der Waals surface area contributed by atoms with Crippen LogP contribution in [0.1, 0.15) is 17.5 Å². The fraction of sp³-hybridized carbons (Fsp3) is 0.273. The molecule has 0 unspecified atom stereocenters. The minimum absolute atomic E-state index is 0.382. The highest BCUT2D eigenvalue weighted by atomic mass is 15.1. The van der Waals surface area contributed by atoms with Gasteiger partial charge in [-0.05, 0) is 30.2 Å². The third-order valence-electron chi connectivity index (χ3n) is 2.05. The topological polar surface area (TPSA) is 101 Å². The second-order valence-corrected chi connectivity index (χ2v) is 3.30. The number of hydrogen-bond donors (Lipinski definition) is 2. The Morgan fingerprint density at radius 1 is 1.38 bits per heavy atom. The Morgan fingerprint density at radius 3 is 2.75 bits per heavy atom. The molecule has 0 heterocycles. The van der Waals surface area contributed by atoms with Crippen molar-refractivity contribution in [3.63, 3.8) is 0 Å². The van der Waals surface area contributed by atoms with E-state index >= 15 is 0 Å². The van der Waals surface area contributed by atoms with E-state index in [0.717, 1.165) is 11.1 Å². The Hall–Kier alpha value is -2.31. The van der Waals surface area contributed by atoms with Crippen molar-refractivity contribution in [2.45, 2.75) is 13.3 Å². The monoisotopic (exact) mass is 215 g/mol. The number of hydrogen-bond acceptors (Lipinski definition) is 3. The van der Waals surface area contributed by atoms with Crippen LogP contribution in [0, 0.1) is 18.8 Å². The average Bonchev–Trinajstić information content (AvgIpc) is 2.25. The van der Waals surface area contributed by atoms with Crippen molar-refractivity contribution in [3.8, 4) is 11.8 Å². The van der Waals surface area contributed by atoms with Gasteiger partial charge in [-0.3, -0.25) is 0 Å². The molecule has 0 aliphatic carbocycles. The van der Waals surface area contributed by atoms with Gasteiger partial charge < -0.3 is 11.5 Å². The van der Waals surface area contributed by atoms with E-state index in [2.05, 4.69) is 21.9 Å². The smallest absolute Gasteiger partial charge is 0.0560 e. The molecule has 1 aromatic carbocycles. The van der Waals surface area contributed by atoms with Gasteiger partial charge in [0.15, 0.2) is 0 Å². The summed E-state index contributed by atoms with van der Waals surface area (Å²) < 4.78 is 0. The number of nitrogens with zero attached hydrogens (tertiary/aromatic N) is 3. The Bertz CT molecular complexity index is 489. The summed E-state index contributed by atoms with van der Waals surface area (Å²) >= 11 is 0. The van der Waals surface area contributed by atoms with Crippen molar-refractivity contribution >= 4 is 11.4 Å². The fourth-order valence-corrected chi connectivity index (χ4v) is 1.19. The fourth-order valence-electron chi connectivity index (χ4n) is 1.19. The summed E-state index contributed by atoms with van der Waals surface area (Å²) in [5, 5.41) is 3.39. The van der Waals surface area contributed by atoms with Crippen LogP contribution >= 0.6 is 0 Å². The summed E-state index contributed by atoms with van der Waals surface area (Å²) in [6.45, 7) is 2.31. The lowest BCUT2D eigenvalue weighted by Crippen LogP contribution is -1.96. The Kier molecular flexibility index (Phi) is 4.07. The van der Waals surface area contributed by atoms with E-state index < -0.39 is 0 Å². The molecule has 5 nitrogen and oxygen atoms in total. The van der Waals surface area contributed by atoms with Gasteiger partial charge in [-0.1, -0.05) is 17.0 Å². The number of rotatable bonds is 2. The van der Waals surface area contributed by atoms with Crippen LogP contribution < -0.4 is 11.5 Å². The van der Waals surface area contributed by atoms with E-state index in [1.165, 1.54) is 0 Å². The first kappa shape index (κ1) is 11.8. The van der Waals surface area contributed by atoms with Gasteiger partial charge in [0.2, 0.25) is 0 Å². The SMILES string of the molecule is Cc1cc(N)c(N)cc1C#CCCN=[N+]=[N-]. The molecule has 0 radical (unpaired) electrons. The second-order valence-electron chi connectivity index (χ2n) is 3.30. The lowest BCUT2D eigenvalue weighted by atomic mass is 10.1. The Morgan fingerprint density at radius 2 is 2.06 bits per heavy atom. The molecule has 16 heavy (non-hydrogen) atoms. The highest BCUT2D eigenvalue weighted by Gasteiger charge is 1.99. The van der Waals surface area contributed by atoms with E-state index in [0.29, 0.717) is 24.3 Å². The molecule has 0 atom stereocenters. The zero-order valence-electron chi connectivity index (χ0n) is 9.07. The molecule has 0 saturated heterocycles. The molecule has 0 bridgehead atoms. The summed E-state index contributed by atoms with van der Waals surface area (Å²) in [7, 11) is 0. The van der Waals surface area contributed by atoms with Crippen molar-refractivity contribution in [3.05, 3.63) is 33.7 Å². The molecule has 0 aliphatic heterocycles. The molecule has 1 aromatic rings. The van der Waals surface area contributed by atoms with Crippen LogP contribution in [-0.2, 0) is 0 Å². The predicted octanol–water partition coefficient (Wildman–Crippen LogP) is 2.21. The lowest BCUT2D eigenvalue weighted by Gasteiger charge is -2.03. The van der Waals surface area contributed by atoms with Crippen LogP contribution in [0.5, 0.6) is 0 Å². The van der Waals surface area contributed by atoms with Crippen LogP contribution in [0.15, 0.2) is 17.2 Å². The number of anilines is 2. The standard InChI is InChI=1S/C11H13N5/c1-8-6-10(12)11(13)7-9(8)4-2-3-5-15-16-14/h6-7H,3,5,12-13H2,1H3. The van der Waals surface area contributed by atoms with Crippen LogP contribution in [-0.4, -0.2) is 6.54 Å². The summed E-state index contributed by atoms with van der Waals surface area (Å²) in [5.41, 5.74) is 22.4. The second kappa shape index (κ2) is 5.54. The molecule has 5 heteroatoms. The van der Waals surface area contributed by atoms with E-state index in [4.69, 9.17) is 17.0 Å². The number of aryl methyl sites for hydroxylation is 1. The maximum atomic E-state index is 8.07. The van der Waals surface area contributed by atoms with Crippen molar-refractivity contribution in [2.24, 2.45) is 5.11 Å². The lowest BCUT2D eigenvalue weighted by molar-refractivity contribution is 1.01. The average molecular weight is 215 g/mol. The Balaban J connectivity index is 2.80. The van der Waals surface area contributed by atoms with Gasteiger partial charge in [0.1, 0.15) is 0 Å². The number of azide groups is 1. The van der Waals surface area contributed by atoms with Crippen LogP contribution in [0.25, 0.3) is 10.4 Å². The van der Waals surface area contributed by atoms with Gasteiger partial charge in [-0.2, -0.15) is 0 Å². The number of nitrogens with two attached hydrogens (primary N) is 2. The van der Waals surface area contributed by atoms with Crippen LogP contribution in [0.4, 0.5) is 11.4 Å². The zero-order chi connectivity index (χ0) is 12.0. The Labute approximate surface area is 94.1 Å². The highest BCUT2D eigenvalue weighted by molar-refractivity contribution is 5.67. The minimum Gasteiger partial charge on any atom is -0.397 e. The van der Waals surface area contributed by atoms with E-state index in [9.17, 15) is 0 Å². The predicted molar refractivity (Wildman–Crippen MR) is 65.5 cm³/mol. The summed E-state index contributed by atoms with van der Waals surface area (Å²) in [4.78, 5) is 2.64. The molecular formula is C11H13N5. The van der Waals surface area contributed by atoms with Crippen LogP contribution in [0.2, 0.25) is 0 Å². The van der Waals surface area contributed by atoms with Gasteiger partial charge in [0.05, 0.1) is 11.4 Å². The molecule has 1 rings (SSSR count). The number of benzene rings is 1. The first-order valence-electron chi connectivity index (χ1n) is 4.80. The maximum Gasteiger partial charge on any atom is 0.0560 e. The normalized spacial score (nSPS) is 8.81. The minimum atomic E-state index is 0.382. The van der Waals surface area contributed by atoms with Crippen LogP contribution in [0.3, 0.4) is 0 Å². The summed E-state index contributed by atoms with van der Waals surface area (Å²) in [6.07, 6.45) is 0.535. The molecule has 0 saturated carbocycles. The molecule has 0 aromatic heterocycles. The highest BCUT2D eigenvalue weighted by Crippen LogP contribution is 2.19. The molecule has 4 N–H and O–H groups in total. The first-order chi connectivity index (χ1) is 7.65. The number of nitrogen functional groups attached to an aromatic ring is 2. The first-order valence-corrected chi connectivity index (χ1v) is 4.80. The summed E-state index contributed by atoms with van der Waals surface area (Å²) in [5.74, 6) is 5.88. The van der Waals surface area contributed by atoms with Gasteiger partial charge in [0, 0.05) is 23.4 Å².